The van der Waals surface area contributed by atoms with Gasteiger partial charge in [0.2, 0.25) is 0 Å². The monoisotopic (exact) mass is 270 g/mol. The van der Waals surface area contributed by atoms with Gasteiger partial charge in [-0.1, -0.05) is 42.6 Å². The van der Waals surface area contributed by atoms with Crippen molar-refractivity contribution in [1.82, 2.24) is 0 Å². The van der Waals surface area contributed by atoms with Gasteiger partial charge in [-0.25, -0.2) is 0 Å². The van der Waals surface area contributed by atoms with Crippen molar-refractivity contribution in [3.8, 4) is 5.75 Å². The van der Waals surface area contributed by atoms with Gasteiger partial charge in [0.05, 0.1) is 7.11 Å². The average molecular weight is 271 g/mol. The van der Waals surface area contributed by atoms with Crippen LogP contribution in [0.4, 0.5) is 0 Å². The Morgan fingerprint density at radius 1 is 1.07 bits per heavy atom. The summed E-state index contributed by atoms with van der Waals surface area (Å²) in [6.07, 6.45) is 4.49. The third kappa shape index (κ3) is 3.23. The zero-order chi connectivity index (χ0) is 11.3. The van der Waals surface area contributed by atoms with E-state index in [1.165, 1.54) is 15.6 Å². The Kier molecular flexibility index (Phi) is 5.16. The second kappa shape index (κ2) is 6.16. The van der Waals surface area contributed by atoms with E-state index in [1.807, 2.05) is 0 Å². The summed E-state index contributed by atoms with van der Waals surface area (Å²) in [4.78, 5) is 0. The molecule has 0 heterocycles. The Labute approximate surface area is 101 Å². The summed E-state index contributed by atoms with van der Waals surface area (Å²) >= 11 is 3.63. The van der Waals surface area contributed by atoms with Crippen LogP contribution in [-0.4, -0.2) is 7.11 Å². The van der Waals surface area contributed by atoms with Crippen LogP contribution in [0.3, 0.4) is 0 Å². The highest BCUT2D eigenvalue weighted by molar-refractivity contribution is 9.10. The van der Waals surface area contributed by atoms with Crippen molar-refractivity contribution in [3.63, 3.8) is 0 Å². The Morgan fingerprint density at radius 2 is 1.67 bits per heavy atom. The molecule has 15 heavy (non-hydrogen) atoms. The Hall–Kier alpha value is -0.500. The third-order valence-electron chi connectivity index (χ3n) is 2.49. The van der Waals surface area contributed by atoms with Crippen LogP contribution >= 0.6 is 15.9 Å². The predicted molar refractivity (Wildman–Crippen MR) is 68.7 cm³/mol. The minimum Gasteiger partial charge on any atom is -0.496 e. The molecule has 0 aromatic heterocycles. The maximum absolute atomic E-state index is 5.42. The number of methoxy groups -OCH3 is 1. The first-order chi connectivity index (χ1) is 7.22. The van der Waals surface area contributed by atoms with E-state index in [1.54, 1.807) is 7.11 Å². The van der Waals surface area contributed by atoms with Gasteiger partial charge in [0, 0.05) is 4.47 Å². The lowest BCUT2D eigenvalue weighted by molar-refractivity contribution is 0.408. The topological polar surface area (TPSA) is 9.23 Å². The molecule has 0 aliphatic rings. The maximum Gasteiger partial charge on any atom is 0.122 e. The van der Waals surface area contributed by atoms with E-state index in [2.05, 4.69) is 41.9 Å². The number of halogens is 1. The highest BCUT2D eigenvalue weighted by atomic mass is 79.9. The molecule has 0 fully saturated rings. The first-order valence-corrected chi connectivity index (χ1v) is 6.37. The summed E-state index contributed by atoms with van der Waals surface area (Å²) in [5, 5.41) is 0. The molecule has 1 aromatic rings. The van der Waals surface area contributed by atoms with Gasteiger partial charge < -0.3 is 4.74 Å². The maximum atomic E-state index is 5.42. The Morgan fingerprint density at radius 3 is 2.20 bits per heavy atom. The Bertz CT molecular complexity index is 321. The minimum absolute atomic E-state index is 1.03. The van der Waals surface area contributed by atoms with Crippen LogP contribution in [0, 0.1) is 0 Å². The van der Waals surface area contributed by atoms with Gasteiger partial charge in [0.1, 0.15) is 5.75 Å². The molecule has 0 saturated carbocycles. The number of aryl methyl sites for hydroxylation is 2. The zero-order valence-corrected chi connectivity index (χ0v) is 11.4. The third-order valence-corrected chi connectivity index (χ3v) is 3.23. The van der Waals surface area contributed by atoms with Crippen molar-refractivity contribution in [2.45, 2.75) is 39.5 Å². The highest BCUT2D eigenvalue weighted by Gasteiger charge is 2.07. The largest absolute Gasteiger partial charge is 0.496 e. The van der Waals surface area contributed by atoms with Gasteiger partial charge >= 0.3 is 0 Å². The second-order valence-corrected chi connectivity index (χ2v) is 4.61. The molecule has 1 rings (SSSR count). The van der Waals surface area contributed by atoms with Gasteiger partial charge in [-0.15, -0.1) is 0 Å². The van der Waals surface area contributed by atoms with Crippen molar-refractivity contribution < 1.29 is 4.74 Å². The fourth-order valence-corrected chi connectivity index (χ4v) is 2.34. The van der Waals surface area contributed by atoms with Crippen LogP contribution in [0.15, 0.2) is 16.6 Å². The van der Waals surface area contributed by atoms with E-state index in [0.29, 0.717) is 0 Å². The number of rotatable bonds is 5. The molecule has 0 saturated heterocycles. The summed E-state index contributed by atoms with van der Waals surface area (Å²) < 4.78 is 6.64. The predicted octanol–water partition coefficient (Wildman–Crippen LogP) is 4.36. The van der Waals surface area contributed by atoms with E-state index < -0.39 is 0 Å². The van der Waals surface area contributed by atoms with Crippen molar-refractivity contribution >= 4 is 15.9 Å². The van der Waals surface area contributed by atoms with E-state index in [4.69, 9.17) is 4.74 Å². The highest BCUT2D eigenvalue weighted by Crippen LogP contribution is 2.29. The molecular weight excluding hydrogens is 252 g/mol. The van der Waals surface area contributed by atoms with Gasteiger partial charge in [-0.05, 0) is 36.1 Å². The van der Waals surface area contributed by atoms with E-state index >= 15 is 0 Å². The Balaban J connectivity index is 3.04. The molecule has 0 unspecified atom stereocenters. The van der Waals surface area contributed by atoms with Crippen molar-refractivity contribution in [2.24, 2.45) is 0 Å². The molecule has 0 spiro atoms. The molecule has 0 aliphatic heterocycles. The lowest BCUT2D eigenvalue weighted by Gasteiger charge is -2.12. The van der Waals surface area contributed by atoms with Crippen molar-refractivity contribution in [2.75, 3.05) is 7.11 Å². The lowest BCUT2D eigenvalue weighted by Crippen LogP contribution is -1.95. The molecule has 0 radical (unpaired) electrons. The van der Waals surface area contributed by atoms with E-state index in [0.717, 1.165) is 31.4 Å². The number of hydrogen-bond acceptors (Lipinski definition) is 1. The molecule has 0 atom stereocenters. The van der Waals surface area contributed by atoms with Crippen LogP contribution in [0.1, 0.15) is 37.8 Å². The van der Waals surface area contributed by atoms with Gasteiger partial charge in [0.25, 0.3) is 0 Å². The van der Waals surface area contributed by atoms with Crippen molar-refractivity contribution in [1.29, 1.82) is 0 Å². The van der Waals surface area contributed by atoms with Crippen LogP contribution in [-0.2, 0) is 12.8 Å². The molecule has 0 aliphatic carbocycles. The molecule has 0 amide bonds. The van der Waals surface area contributed by atoms with E-state index in [9.17, 15) is 0 Å². The summed E-state index contributed by atoms with van der Waals surface area (Å²) in [6.45, 7) is 4.38. The number of hydrogen-bond donors (Lipinski definition) is 0. The molecule has 0 N–H and O–H groups in total. The zero-order valence-electron chi connectivity index (χ0n) is 9.77. The fourth-order valence-electron chi connectivity index (χ4n) is 1.75. The molecule has 1 nitrogen and oxygen atoms in total. The summed E-state index contributed by atoms with van der Waals surface area (Å²) in [5.74, 6) is 1.03. The van der Waals surface area contributed by atoms with Crippen LogP contribution in [0.25, 0.3) is 0 Å². The first kappa shape index (κ1) is 12.6. The molecule has 0 bridgehead atoms. The van der Waals surface area contributed by atoms with Gasteiger partial charge in [0.15, 0.2) is 0 Å². The molecule has 1 aromatic carbocycles. The molecule has 84 valence electrons. The molecular formula is C13H19BrO. The van der Waals surface area contributed by atoms with Gasteiger partial charge in [-0.3, -0.25) is 0 Å². The first-order valence-electron chi connectivity index (χ1n) is 5.58. The fraction of sp³-hybridized carbons (Fsp3) is 0.538. The number of benzene rings is 1. The SMILES string of the molecule is CCCc1cc(OC)c(CCC)cc1Br. The van der Waals surface area contributed by atoms with Crippen molar-refractivity contribution in [3.05, 3.63) is 27.7 Å². The van der Waals surface area contributed by atoms with Crippen LogP contribution in [0.5, 0.6) is 5.75 Å². The summed E-state index contributed by atoms with van der Waals surface area (Å²) in [7, 11) is 1.75. The standard InChI is InChI=1S/C13H19BrO/c1-4-6-10-9-13(15-3)11(7-5-2)8-12(10)14/h8-9H,4-7H2,1-3H3. The second-order valence-electron chi connectivity index (χ2n) is 3.76. The smallest absolute Gasteiger partial charge is 0.122 e. The quantitative estimate of drug-likeness (QED) is 0.773. The van der Waals surface area contributed by atoms with E-state index in [-0.39, 0.29) is 0 Å². The van der Waals surface area contributed by atoms with Crippen LogP contribution < -0.4 is 4.74 Å². The minimum atomic E-state index is 1.03. The average Bonchev–Trinajstić information content (AvgIpc) is 2.22. The summed E-state index contributed by atoms with van der Waals surface area (Å²) in [5.41, 5.74) is 2.64. The summed E-state index contributed by atoms with van der Waals surface area (Å²) in [6, 6.07) is 4.37. The van der Waals surface area contributed by atoms with Crippen LogP contribution in [0.2, 0.25) is 0 Å². The lowest BCUT2D eigenvalue weighted by atomic mass is 10.0. The van der Waals surface area contributed by atoms with Gasteiger partial charge in [-0.2, -0.15) is 0 Å². The molecule has 2 heteroatoms. The normalized spacial score (nSPS) is 10.4. The number of ether oxygens (including phenoxy) is 1.